The molecule has 1 unspecified atom stereocenters. The first-order valence-electron chi connectivity index (χ1n) is 20.0. The molecular weight excluding hydrogens is 861 g/mol. The molecule has 6 rings (SSSR count). The molecule has 1 aliphatic heterocycles. The number of anilines is 1. The lowest BCUT2D eigenvalue weighted by Gasteiger charge is -2.39. The van der Waals surface area contributed by atoms with E-state index in [9.17, 15) is 14.9 Å². The van der Waals surface area contributed by atoms with Crippen molar-refractivity contribution in [1.29, 1.82) is 5.26 Å². The molecule has 0 bridgehead atoms. The second-order valence-corrected chi connectivity index (χ2v) is 17.1. The molecule has 1 aliphatic rings. The normalized spacial score (nSPS) is 17.0. The standard InChI is InChI=1S/C46H51BrN5O8P/c1-31(2)52(32(3)4)61(58-27-13-26-48)60-40-28-42(51-29-39(47)43(50-45(51)54)49-44(53)33-14-9-7-10-15-33)59-41(40)30-57-46(34-16-11-8-12-17-34,35-18-22-37(55-5)23-19-35)36-20-24-38(56-6)25-21-36/h7-12,14-25,29,31-32,40-42H,13,27-28,30H2,1-6H3,(H,49,50,53,54)/t40-,41-,42-,61?/m1/s1. The van der Waals surface area contributed by atoms with Gasteiger partial charge >= 0.3 is 5.69 Å². The van der Waals surface area contributed by atoms with E-state index < -0.39 is 44.2 Å². The van der Waals surface area contributed by atoms with Crippen LogP contribution in [-0.4, -0.2) is 71.9 Å². The molecule has 5 aromatic rings. The third-order valence-corrected chi connectivity index (χ3v) is 12.9. The van der Waals surface area contributed by atoms with Gasteiger partial charge in [-0.05, 0) is 96.7 Å². The van der Waals surface area contributed by atoms with Crippen molar-refractivity contribution in [3.8, 4) is 17.6 Å². The van der Waals surface area contributed by atoms with Gasteiger partial charge < -0.3 is 33.3 Å². The summed E-state index contributed by atoms with van der Waals surface area (Å²) in [7, 11) is 1.54. The predicted octanol–water partition coefficient (Wildman–Crippen LogP) is 9.23. The van der Waals surface area contributed by atoms with Crippen LogP contribution in [0.4, 0.5) is 5.82 Å². The van der Waals surface area contributed by atoms with Gasteiger partial charge in [0.05, 0.1) is 50.5 Å². The van der Waals surface area contributed by atoms with Crippen LogP contribution in [-0.2, 0) is 24.1 Å². The Labute approximate surface area is 366 Å². The van der Waals surface area contributed by atoms with Crippen molar-refractivity contribution in [3.63, 3.8) is 0 Å². The topological polar surface area (TPSA) is 146 Å². The van der Waals surface area contributed by atoms with Crippen LogP contribution in [0.3, 0.4) is 0 Å². The van der Waals surface area contributed by atoms with E-state index in [1.165, 1.54) is 4.57 Å². The van der Waals surface area contributed by atoms with Crippen molar-refractivity contribution in [2.75, 3.05) is 32.8 Å². The van der Waals surface area contributed by atoms with Gasteiger partial charge in [-0.25, -0.2) is 9.46 Å². The fraction of sp³-hybridized carbons (Fsp3) is 0.348. The maximum Gasteiger partial charge on any atom is 0.351 e. The third kappa shape index (κ3) is 10.7. The highest BCUT2D eigenvalue weighted by Gasteiger charge is 2.45. The molecule has 0 spiro atoms. The number of rotatable bonds is 19. The Morgan fingerprint density at radius 2 is 1.48 bits per heavy atom. The number of amides is 1. The largest absolute Gasteiger partial charge is 0.497 e. The van der Waals surface area contributed by atoms with Crippen LogP contribution < -0.4 is 20.5 Å². The summed E-state index contributed by atoms with van der Waals surface area (Å²) in [5.41, 5.74) is 1.16. The van der Waals surface area contributed by atoms with Gasteiger partial charge in [0.15, 0.2) is 5.82 Å². The number of aromatic nitrogens is 2. The summed E-state index contributed by atoms with van der Waals surface area (Å²) in [4.78, 5) is 31.1. The monoisotopic (exact) mass is 911 g/mol. The van der Waals surface area contributed by atoms with Gasteiger partial charge in [0, 0.05) is 30.3 Å². The Morgan fingerprint density at radius 3 is 2.02 bits per heavy atom. The highest BCUT2D eigenvalue weighted by atomic mass is 79.9. The summed E-state index contributed by atoms with van der Waals surface area (Å²) >= 11 is 3.52. The van der Waals surface area contributed by atoms with Crippen molar-refractivity contribution in [1.82, 2.24) is 14.2 Å². The first kappa shape index (κ1) is 45.6. The molecule has 4 aromatic carbocycles. The second kappa shape index (κ2) is 21.2. The quantitative estimate of drug-likeness (QED) is 0.0481. The molecule has 320 valence electrons. The molecule has 61 heavy (non-hydrogen) atoms. The number of nitrogens with zero attached hydrogens (tertiary/aromatic N) is 4. The Balaban J connectivity index is 1.41. The van der Waals surface area contributed by atoms with Crippen molar-refractivity contribution in [3.05, 3.63) is 153 Å². The molecule has 13 nitrogen and oxygen atoms in total. The highest BCUT2D eigenvalue weighted by molar-refractivity contribution is 9.10. The summed E-state index contributed by atoms with van der Waals surface area (Å²) in [6.45, 7) is 8.46. The van der Waals surface area contributed by atoms with E-state index >= 15 is 0 Å². The van der Waals surface area contributed by atoms with Crippen molar-refractivity contribution < 1.29 is 32.8 Å². The molecular formula is C46H51BrN5O8P. The highest BCUT2D eigenvalue weighted by Crippen LogP contribution is 2.51. The molecule has 0 aliphatic carbocycles. The maximum absolute atomic E-state index is 13.8. The lowest BCUT2D eigenvalue weighted by atomic mass is 9.80. The van der Waals surface area contributed by atoms with E-state index in [0.29, 0.717) is 21.5 Å². The molecule has 15 heteroatoms. The van der Waals surface area contributed by atoms with E-state index in [-0.39, 0.29) is 44.0 Å². The number of ether oxygens (including phenoxy) is 4. The first-order chi connectivity index (χ1) is 29.5. The van der Waals surface area contributed by atoms with Crippen molar-refractivity contribution in [2.24, 2.45) is 0 Å². The summed E-state index contributed by atoms with van der Waals surface area (Å²) < 4.78 is 42.4. The molecule has 1 amide bonds. The number of hydrogen-bond acceptors (Lipinski definition) is 11. The van der Waals surface area contributed by atoms with Gasteiger partial charge in [0.2, 0.25) is 0 Å². The van der Waals surface area contributed by atoms with Gasteiger partial charge in [-0.15, -0.1) is 0 Å². The summed E-state index contributed by atoms with van der Waals surface area (Å²) in [5.74, 6) is 1.05. The summed E-state index contributed by atoms with van der Waals surface area (Å²) in [6.07, 6.45) is -0.255. The Hall–Kier alpha value is -4.97. The lowest BCUT2D eigenvalue weighted by molar-refractivity contribution is -0.0925. The van der Waals surface area contributed by atoms with Crippen LogP contribution in [0.25, 0.3) is 0 Å². The zero-order valence-electron chi connectivity index (χ0n) is 35.1. The first-order valence-corrected chi connectivity index (χ1v) is 22.0. The molecule has 4 atom stereocenters. The van der Waals surface area contributed by atoms with E-state index in [1.807, 2.05) is 84.9 Å². The van der Waals surface area contributed by atoms with Crippen LogP contribution in [0.5, 0.6) is 11.5 Å². The molecule has 1 aromatic heterocycles. The smallest absolute Gasteiger partial charge is 0.351 e. The molecule has 1 fully saturated rings. The number of carbonyl (C=O) groups is 1. The SMILES string of the molecule is COc1ccc(C(OC[C@H]2O[C@@H](n3cc(Br)c(NC(=O)c4ccccc4)nc3=O)C[C@H]2OP(OCCC#N)N(C(C)C)C(C)C)(c2ccccc2)c2ccc(OC)cc2)cc1. The van der Waals surface area contributed by atoms with Gasteiger partial charge in [0.1, 0.15) is 29.4 Å². The number of carbonyl (C=O) groups excluding carboxylic acids is 1. The Morgan fingerprint density at radius 1 is 0.918 bits per heavy atom. The van der Waals surface area contributed by atoms with Gasteiger partial charge in [-0.2, -0.15) is 10.2 Å². The summed E-state index contributed by atoms with van der Waals surface area (Å²) in [6, 6.07) is 36.4. The van der Waals surface area contributed by atoms with Crippen LogP contribution in [0.15, 0.2) is 125 Å². The number of halogens is 1. The number of nitriles is 1. The van der Waals surface area contributed by atoms with E-state index in [0.717, 1.165) is 16.7 Å². The Kier molecular flexibility index (Phi) is 15.8. The van der Waals surface area contributed by atoms with Crippen LogP contribution in [0.1, 0.15) is 73.8 Å². The van der Waals surface area contributed by atoms with E-state index in [4.69, 9.17) is 28.0 Å². The minimum Gasteiger partial charge on any atom is -0.497 e. The predicted molar refractivity (Wildman–Crippen MR) is 237 cm³/mol. The maximum atomic E-state index is 13.8. The van der Waals surface area contributed by atoms with Crippen LogP contribution in [0, 0.1) is 11.3 Å². The molecule has 0 saturated carbocycles. The zero-order chi connectivity index (χ0) is 43.5. The second-order valence-electron chi connectivity index (χ2n) is 14.8. The van der Waals surface area contributed by atoms with Crippen LogP contribution in [0.2, 0.25) is 0 Å². The fourth-order valence-corrected chi connectivity index (χ4v) is 9.50. The summed E-state index contributed by atoms with van der Waals surface area (Å²) in [5, 5.41) is 12.1. The fourth-order valence-electron chi connectivity index (χ4n) is 7.33. The lowest BCUT2D eigenvalue weighted by Crippen LogP contribution is -2.39. The van der Waals surface area contributed by atoms with Crippen molar-refractivity contribution >= 4 is 36.2 Å². The number of benzene rings is 4. The van der Waals surface area contributed by atoms with E-state index in [1.54, 1.807) is 44.7 Å². The molecule has 0 radical (unpaired) electrons. The molecule has 2 heterocycles. The van der Waals surface area contributed by atoms with Gasteiger partial charge in [0.25, 0.3) is 14.4 Å². The average molecular weight is 913 g/mol. The minimum absolute atomic E-state index is 0.00735. The molecule has 1 N–H and O–H groups in total. The number of methoxy groups -OCH3 is 2. The third-order valence-electron chi connectivity index (χ3n) is 10.2. The number of nitrogens with one attached hydrogen (secondary N) is 1. The van der Waals surface area contributed by atoms with Gasteiger partial charge in [-0.3, -0.25) is 9.36 Å². The Bertz CT molecular complexity index is 2240. The minimum atomic E-state index is -1.71. The zero-order valence-corrected chi connectivity index (χ0v) is 37.5. The number of hydrogen-bond donors (Lipinski definition) is 1. The van der Waals surface area contributed by atoms with Gasteiger partial charge in [-0.1, -0.05) is 72.8 Å². The van der Waals surface area contributed by atoms with Crippen LogP contribution >= 0.6 is 24.5 Å². The van der Waals surface area contributed by atoms with Crippen molar-refractivity contribution in [2.45, 2.75) is 76.7 Å². The van der Waals surface area contributed by atoms with E-state index in [2.05, 4.69) is 64.7 Å². The average Bonchev–Trinajstić information content (AvgIpc) is 3.67. The molecule has 1 saturated heterocycles.